The fourth-order valence-electron chi connectivity index (χ4n) is 1.51. The van der Waals surface area contributed by atoms with Crippen molar-refractivity contribution in [2.45, 2.75) is 11.3 Å². The molecule has 0 saturated carbocycles. The number of nitrogen functional groups attached to an aromatic ring is 1. The topological polar surface area (TPSA) is 137 Å². The van der Waals surface area contributed by atoms with Crippen LogP contribution in [0.15, 0.2) is 33.9 Å². The molecule has 0 aliphatic heterocycles. The van der Waals surface area contributed by atoms with Gasteiger partial charge >= 0.3 is 0 Å². The van der Waals surface area contributed by atoms with Gasteiger partial charge in [0.25, 0.3) is 0 Å². The summed E-state index contributed by atoms with van der Waals surface area (Å²) >= 11 is 0. The number of rotatable bonds is 5. The zero-order valence-electron chi connectivity index (χ0n) is 9.91. The number of nitrogens with zero attached hydrogens (tertiary/aromatic N) is 2. The van der Waals surface area contributed by atoms with Crippen LogP contribution in [0.25, 0.3) is 0 Å². The summed E-state index contributed by atoms with van der Waals surface area (Å²) in [6, 6.07) is 4.33. The summed E-state index contributed by atoms with van der Waals surface area (Å²) in [6.45, 7) is 0.496. The molecular formula is C10H13N5O3S. The van der Waals surface area contributed by atoms with Gasteiger partial charge in [-0.15, -0.1) is 0 Å². The van der Waals surface area contributed by atoms with Crippen molar-refractivity contribution in [3.05, 3.63) is 30.4 Å². The molecule has 8 nitrogen and oxygen atoms in total. The standard InChI is InChI=1S/C10H13N5O3S/c11-7-3-8(5-9(4-7)19(12,16)17)13-2-1-10-14-6-15-18-10/h3-6,13H,1-2,11H2,(H2,12,16,17). The van der Waals surface area contributed by atoms with Crippen LogP contribution in [-0.4, -0.2) is 25.1 Å². The lowest BCUT2D eigenvalue weighted by Gasteiger charge is -2.08. The van der Waals surface area contributed by atoms with Gasteiger partial charge in [-0.1, -0.05) is 5.16 Å². The van der Waals surface area contributed by atoms with Gasteiger partial charge in [0.2, 0.25) is 15.9 Å². The van der Waals surface area contributed by atoms with Crippen molar-refractivity contribution in [2.75, 3.05) is 17.6 Å². The smallest absolute Gasteiger partial charge is 0.238 e. The highest BCUT2D eigenvalue weighted by Crippen LogP contribution is 2.19. The average molecular weight is 283 g/mol. The normalized spacial score (nSPS) is 11.4. The van der Waals surface area contributed by atoms with Gasteiger partial charge in [-0.2, -0.15) is 4.98 Å². The van der Waals surface area contributed by atoms with Gasteiger partial charge in [0.05, 0.1) is 4.90 Å². The van der Waals surface area contributed by atoms with Crippen molar-refractivity contribution in [3.63, 3.8) is 0 Å². The first-order chi connectivity index (χ1) is 8.95. The fourth-order valence-corrected chi connectivity index (χ4v) is 2.10. The van der Waals surface area contributed by atoms with Crippen LogP contribution >= 0.6 is 0 Å². The number of nitrogens with one attached hydrogen (secondary N) is 1. The van der Waals surface area contributed by atoms with Crippen LogP contribution < -0.4 is 16.2 Å². The molecule has 0 atom stereocenters. The van der Waals surface area contributed by atoms with E-state index in [1.807, 2.05) is 0 Å². The molecular weight excluding hydrogens is 270 g/mol. The molecule has 0 spiro atoms. The maximum Gasteiger partial charge on any atom is 0.238 e. The molecule has 0 radical (unpaired) electrons. The molecule has 102 valence electrons. The average Bonchev–Trinajstić information content (AvgIpc) is 2.80. The molecule has 5 N–H and O–H groups in total. The predicted molar refractivity (Wildman–Crippen MR) is 68.7 cm³/mol. The molecule has 0 bridgehead atoms. The number of primary sulfonamides is 1. The number of hydrogen-bond donors (Lipinski definition) is 3. The highest BCUT2D eigenvalue weighted by atomic mass is 32.2. The summed E-state index contributed by atoms with van der Waals surface area (Å²) in [4.78, 5) is 3.83. The summed E-state index contributed by atoms with van der Waals surface area (Å²) < 4.78 is 27.3. The summed E-state index contributed by atoms with van der Waals surface area (Å²) in [5.41, 5.74) is 6.49. The first-order valence-corrected chi connectivity index (χ1v) is 6.92. The molecule has 0 amide bonds. The number of benzene rings is 1. The Labute approximate surface area is 109 Å². The summed E-state index contributed by atoms with van der Waals surface area (Å²) in [5.74, 6) is 0.489. The summed E-state index contributed by atoms with van der Waals surface area (Å²) in [7, 11) is -3.78. The first kappa shape index (κ1) is 13.3. The van der Waals surface area contributed by atoms with Crippen LogP contribution in [0.5, 0.6) is 0 Å². The van der Waals surface area contributed by atoms with E-state index in [2.05, 4.69) is 15.5 Å². The fraction of sp³-hybridized carbons (Fsp3) is 0.200. The van der Waals surface area contributed by atoms with Crippen molar-refractivity contribution in [3.8, 4) is 0 Å². The Morgan fingerprint density at radius 1 is 1.32 bits per heavy atom. The Balaban J connectivity index is 2.06. The largest absolute Gasteiger partial charge is 0.399 e. The Morgan fingerprint density at radius 2 is 2.11 bits per heavy atom. The molecule has 0 saturated heterocycles. The molecule has 1 aromatic carbocycles. The lowest BCUT2D eigenvalue weighted by molar-refractivity contribution is 0.380. The summed E-state index contributed by atoms with van der Waals surface area (Å²) in [6.07, 6.45) is 1.83. The molecule has 0 unspecified atom stereocenters. The van der Waals surface area contributed by atoms with Crippen LogP contribution in [0.3, 0.4) is 0 Å². The van der Waals surface area contributed by atoms with E-state index >= 15 is 0 Å². The van der Waals surface area contributed by atoms with E-state index in [0.29, 0.717) is 30.2 Å². The summed E-state index contributed by atoms with van der Waals surface area (Å²) in [5, 5.41) is 11.5. The zero-order valence-corrected chi connectivity index (χ0v) is 10.7. The molecule has 2 rings (SSSR count). The number of anilines is 2. The minimum absolute atomic E-state index is 0.0345. The van der Waals surface area contributed by atoms with Crippen molar-refractivity contribution in [2.24, 2.45) is 5.14 Å². The Hall–Kier alpha value is -2.13. The van der Waals surface area contributed by atoms with Gasteiger partial charge in [-0.05, 0) is 18.2 Å². The second-order valence-corrected chi connectivity index (χ2v) is 5.41. The van der Waals surface area contributed by atoms with E-state index in [1.165, 1.54) is 18.5 Å². The first-order valence-electron chi connectivity index (χ1n) is 5.38. The molecule has 9 heteroatoms. The highest BCUT2D eigenvalue weighted by molar-refractivity contribution is 7.89. The second-order valence-electron chi connectivity index (χ2n) is 3.85. The van der Waals surface area contributed by atoms with E-state index < -0.39 is 10.0 Å². The van der Waals surface area contributed by atoms with Crippen molar-refractivity contribution >= 4 is 21.4 Å². The molecule has 1 heterocycles. The van der Waals surface area contributed by atoms with Gasteiger partial charge < -0.3 is 15.6 Å². The third kappa shape index (κ3) is 3.66. The lowest BCUT2D eigenvalue weighted by Crippen LogP contribution is -2.13. The number of nitrogens with two attached hydrogens (primary N) is 2. The Morgan fingerprint density at radius 3 is 2.74 bits per heavy atom. The van der Waals surface area contributed by atoms with Crippen molar-refractivity contribution < 1.29 is 12.9 Å². The minimum Gasteiger partial charge on any atom is -0.399 e. The monoisotopic (exact) mass is 283 g/mol. The predicted octanol–water partition coefficient (Wildman–Crippen LogP) is -0.0462. The molecule has 19 heavy (non-hydrogen) atoms. The van der Waals surface area contributed by atoms with Crippen LogP contribution in [0.4, 0.5) is 11.4 Å². The highest BCUT2D eigenvalue weighted by Gasteiger charge is 2.10. The maximum atomic E-state index is 11.3. The Kier molecular flexibility index (Phi) is 3.67. The van der Waals surface area contributed by atoms with Crippen LogP contribution in [-0.2, 0) is 16.4 Å². The Bertz CT molecular complexity index is 654. The SMILES string of the molecule is Nc1cc(NCCc2ncno2)cc(S(N)(=O)=O)c1. The quantitative estimate of drug-likeness (QED) is 0.654. The minimum atomic E-state index is -3.78. The zero-order chi connectivity index (χ0) is 13.9. The van der Waals surface area contributed by atoms with Gasteiger partial charge in [-0.3, -0.25) is 0 Å². The molecule has 0 aliphatic carbocycles. The molecule has 1 aromatic heterocycles. The van der Waals surface area contributed by atoms with E-state index in [1.54, 1.807) is 6.07 Å². The molecule has 2 aromatic rings. The van der Waals surface area contributed by atoms with E-state index in [0.717, 1.165) is 0 Å². The molecule has 0 aliphatic rings. The van der Waals surface area contributed by atoms with E-state index in [9.17, 15) is 8.42 Å². The maximum absolute atomic E-state index is 11.3. The van der Waals surface area contributed by atoms with Gasteiger partial charge in [0, 0.05) is 24.3 Å². The number of aromatic nitrogens is 2. The van der Waals surface area contributed by atoms with Crippen LogP contribution in [0.2, 0.25) is 0 Å². The van der Waals surface area contributed by atoms with Crippen molar-refractivity contribution in [1.29, 1.82) is 0 Å². The third-order valence-electron chi connectivity index (χ3n) is 2.33. The van der Waals surface area contributed by atoms with Gasteiger partial charge in [-0.25, -0.2) is 13.6 Å². The third-order valence-corrected chi connectivity index (χ3v) is 3.23. The lowest BCUT2D eigenvalue weighted by atomic mass is 10.2. The van der Waals surface area contributed by atoms with Gasteiger partial charge in [0.15, 0.2) is 6.33 Å². The van der Waals surface area contributed by atoms with E-state index in [4.69, 9.17) is 15.4 Å². The number of sulfonamides is 1. The molecule has 0 fully saturated rings. The second kappa shape index (κ2) is 5.24. The number of hydrogen-bond acceptors (Lipinski definition) is 7. The van der Waals surface area contributed by atoms with E-state index in [-0.39, 0.29) is 4.90 Å². The van der Waals surface area contributed by atoms with Crippen LogP contribution in [0.1, 0.15) is 5.89 Å². The van der Waals surface area contributed by atoms with Crippen molar-refractivity contribution in [1.82, 2.24) is 10.1 Å². The van der Waals surface area contributed by atoms with Crippen LogP contribution in [0, 0.1) is 0 Å². The van der Waals surface area contributed by atoms with Gasteiger partial charge in [0.1, 0.15) is 0 Å².